The molecule has 0 rings (SSSR count). The molecule has 0 saturated carbocycles. The van der Waals surface area contributed by atoms with Crippen LogP contribution in [0.15, 0.2) is 12.7 Å². The molecule has 0 aliphatic heterocycles. The van der Waals surface area contributed by atoms with Crippen molar-refractivity contribution in [3.8, 4) is 0 Å². The Morgan fingerprint density at radius 3 is 0.840 bits per heavy atom. The summed E-state index contributed by atoms with van der Waals surface area (Å²) in [5, 5.41) is 0. The molecule has 0 bridgehead atoms. The molecule has 25 heavy (non-hydrogen) atoms. The van der Waals surface area contributed by atoms with Crippen LogP contribution in [0.3, 0.4) is 0 Å². The Morgan fingerprint density at radius 1 is 0.520 bits per heavy atom. The molecule has 0 heterocycles. The van der Waals surface area contributed by atoms with E-state index in [1.165, 1.54) is 0 Å². The number of hydrogen-bond acceptors (Lipinski definition) is 0. The highest BCUT2D eigenvalue weighted by molar-refractivity contribution is 7.63. The van der Waals surface area contributed by atoms with Gasteiger partial charge in [-0.2, -0.15) is 0 Å². The highest BCUT2D eigenvalue weighted by Gasteiger charge is 2.62. The standard InChI is InChI=1S/C22H49Si3/c1-15-22(14)23(24(16(2)3,17(4)5)18(6)7)25(19(8)9,20(10)11)21(12)13/h15-22H,1H2,2-14H3. The summed E-state index contributed by atoms with van der Waals surface area (Å²) in [4.78, 5) is 0. The average molecular weight is 398 g/mol. The number of hydrogen-bond donors (Lipinski definition) is 0. The van der Waals surface area contributed by atoms with Crippen LogP contribution >= 0.6 is 0 Å². The molecule has 0 fully saturated rings. The quantitative estimate of drug-likeness (QED) is 0.256. The van der Waals surface area contributed by atoms with E-state index in [1.54, 1.807) is 0 Å². The van der Waals surface area contributed by atoms with Crippen LogP contribution in [-0.4, -0.2) is 23.0 Å². The third-order valence-electron chi connectivity index (χ3n) is 7.47. The van der Waals surface area contributed by atoms with E-state index < -0.39 is 23.0 Å². The highest BCUT2D eigenvalue weighted by Crippen LogP contribution is 2.55. The van der Waals surface area contributed by atoms with Crippen LogP contribution in [-0.2, 0) is 0 Å². The lowest BCUT2D eigenvalue weighted by atomic mass is 10.5. The molecule has 0 N–H and O–H groups in total. The van der Waals surface area contributed by atoms with Gasteiger partial charge in [0, 0.05) is 7.83 Å². The van der Waals surface area contributed by atoms with Crippen molar-refractivity contribution in [3.05, 3.63) is 12.7 Å². The zero-order chi connectivity index (χ0) is 20.3. The van der Waals surface area contributed by atoms with Gasteiger partial charge in [0.2, 0.25) is 0 Å². The molecule has 0 aromatic rings. The van der Waals surface area contributed by atoms with Crippen LogP contribution in [0, 0.1) is 0 Å². The molecule has 0 nitrogen and oxygen atoms in total. The van der Waals surface area contributed by atoms with Crippen molar-refractivity contribution in [1.82, 2.24) is 0 Å². The second-order valence-electron chi connectivity index (χ2n) is 10.2. The summed E-state index contributed by atoms with van der Waals surface area (Å²) >= 11 is 0. The summed E-state index contributed by atoms with van der Waals surface area (Å²) in [6.07, 6.45) is 2.36. The molecule has 1 unspecified atom stereocenters. The van der Waals surface area contributed by atoms with Gasteiger partial charge in [-0.3, -0.25) is 0 Å². The first-order valence-electron chi connectivity index (χ1n) is 10.8. The molecule has 0 amide bonds. The fourth-order valence-electron chi connectivity index (χ4n) is 7.15. The van der Waals surface area contributed by atoms with Gasteiger partial charge in [-0.15, -0.1) is 6.58 Å². The molecule has 1 atom stereocenters. The zero-order valence-corrected chi connectivity index (χ0v) is 22.8. The van der Waals surface area contributed by atoms with Gasteiger partial charge in [0.1, 0.15) is 0 Å². The lowest BCUT2D eigenvalue weighted by molar-refractivity contribution is 0.824. The van der Waals surface area contributed by atoms with Crippen molar-refractivity contribution in [2.24, 2.45) is 0 Å². The van der Waals surface area contributed by atoms with E-state index in [4.69, 9.17) is 0 Å². The Morgan fingerprint density at radius 2 is 0.720 bits per heavy atom. The van der Waals surface area contributed by atoms with Gasteiger partial charge >= 0.3 is 0 Å². The Hall–Kier alpha value is 0.391. The van der Waals surface area contributed by atoms with Crippen molar-refractivity contribution in [2.45, 2.75) is 129 Å². The third-order valence-corrected chi connectivity index (χ3v) is 48.5. The molecule has 0 aromatic carbocycles. The van der Waals surface area contributed by atoms with Crippen molar-refractivity contribution in [3.63, 3.8) is 0 Å². The zero-order valence-electron chi connectivity index (χ0n) is 19.8. The molecule has 3 heteroatoms. The second kappa shape index (κ2) is 9.55. The van der Waals surface area contributed by atoms with Crippen LogP contribution in [0.1, 0.15) is 90.0 Å². The van der Waals surface area contributed by atoms with E-state index in [0.717, 1.165) is 38.8 Å². The van der Waals surface area contributed by atoms with Crippen LogP contribution < -0.4 is 0 Å². The van der Waals surface area contributed by atoms with Gasteiger partial charge < -0.3 is 0 Å². The minimum atomic E-state index is -1.47. The molecular formula is C22H49Si3. The fourth-order valence-corrected chi connectivity index (χ4v) is 62.7. The van der Waals surface area contributed by atoms with Crippen molar-refractivity contribution in [2.75, 3.05) is 0 Å². The minimum Gasteiger partial charge on any atom is -0.103 e. The van der Waals surface area contributed by atoms with E-state index in [2.05, 4.69) is 103 Å². The van der Waals surface area contributed by atoms with E-state index in [9.17, 15) is 0 Å². The molecule has 149 valence electrons. The van der Waals surface area contributed by atoms with Crippen LogP contribution in [0.4, 0.5) is 0 Å². The molecule has 0 aliphatic rings. The second-order valence-corrected chi connectivity index (χ2v) is 32.6. The smallest absolute Gasteiger partial charge is 0.0506 e. The molecule has 0 aromatic heterocycles. The van der Waals surface area contributed by atoms with Gasteiger partial charge in [0.15, 0.2) is 0 Å². The Kier molecular flexibility index (Phi) is 9.69. The third kappa shape index (κ3) is 4.13. The van der Waals surface area contributed by atoms with Crippen molar-refractivity contribution in [1.29, 1.82) is 0 Å². The summed E-state index contributed by atoms with van der Waals surface area (Å²) in [7, 11) is -3.45. The van der Waals surface area contributed by atoms with Crippen LogP contribution in [0.25, 0.3) is 0 Å². The summed E-state index contributed by atoms with van der Waals surface area (Å²) in [5.41, 5.74) is 5.94. The first-order valence-corrected chi connectivity index (χ1v) is 18.8. The molecule has 1 radical (unpaired) electrons. The summed E-state index contributed by atoms with van der Waals surface area (Å²) in [5.74, 6) is 0. The first kappa shape index (κ1) is 25.4. The summed E-state index contributed by atoms with van der Waals surface area (Å²) < 4.78 is 0. The SMILES string of the molecule is C=CC(C)[Si]([Si](C(C)C)(C(C)C)C(C)C)[Si](C(C)C)(C(C)C)C(C)C. The predicted octanol–water partition coefficient (Wildman–Crippen LogP) is 8.57. The van der Waals surface area contributed by atoms with Gasteiger partial charge in [-0.05, 0) is 5.54 Å². The van der Waals surface area contributed by atoms with Crippen molar-refractivity contribution >= 4 is 23.0 Å². The Balaban J connectivity index is 7.11. The number of allylic oxidation sites excluding steroid dienone is 1. The van der Waals surface area contributed by atoms with Crippen LogP contribution in [0.2, 0.25) is 38.8 Å². The molecular weight excluding hydrogens is 349 g/mol. The normalized spacial score (nSPS) is 15.5. The Labute approximate surface area is 164 Å². The van der Waals surface area contributed by atoms with Gasteiger partial charge in [-0.25, -0.2) is 0 Å². The van der Waals surface area contributed by atoms with Gasteiger partial charge in [0.05, 0.1) is 15.2 Å². The van der Waals surface area contributed by atoms with E-state index in [1.807, 2.05) is 0 Å². The molecule has 0 spiro atoms. The van der Waals surface area contributed by atoms with Gasteiger partial charge in [0.25, 0.3) is 0 Å². The minimum absolute atomic E-state index is 0.506. The highest BCUT2D eigenvalue weighted by atomic mass is 29.6. The fraction of sp³-hybridized carbons (Fsp3) is 0.909. The van der Waals surface area contributed by atoms with Crippen molar-refractivity contribution < 1.29 is 0 Å². The first-order chi connectivity index (χ1) is 11.3. The summed E-state index contributed by atoms with van der Waals surface area (Å²) in [6.45, 7) is 37.8. The monoisotopic (exact) mass is 397 g/mol. The lowest BCUT2D eigenvalue weighted by Crippen LogP contribution is -2.74. The predicted molar refractivity (Wildman–Crippen MR) is 127 cm³/mol. The molecule has 0 saturated heterocycles. The summed E-state index contributed by atoms with van der Waals surface area (Å²) in [6, 6.07) is 0. The molecule has 0 aliphatic carbocycles. The van der Waals surface area contributed by atoms with Gasteiger partial charge in [-0.1, -0.05) is 129 Å². The average Bonchev–Trinajstić information content (AvgIpc) is 2.43. The van der Waals surface area contributed by atoms with Crippen LogP contribution in [0.5, 0.6) is 0 Å². The van der Waals surface area contributed by atoms with E-state index in [0.29, 0.717) is 0 Å². The largest absolute Gasteiger partial charge is 0.103 e. The maximum absolute atomic E-state index is 4.33. The maximum Gasteiger partial charge on any atom is 0.0506 e. The Bertz CT molecular complexity index is 332. The topological polar surface area (TPSA) is 0 Å². The van der Waals surface area contributed by atoms with E-state index >= 15 is 0 Å². The lowest BCUT2D eigenvalue weighted by Gasteiger charge is -2.61. The van der Waals surface area contributed by atoms with E-state index in [-0.39, 0.29) is 0 Å². The number of rotatable bonds is 10. The maximum atomic E-state index is 4.33.